The molecule has 1 heterocycles. The summed E-state index contributed by atoms with van der Waals surface area (Å²) in [4.78, 5) is 6.33. The summed E-state index contributed by atoms with van der Waals surface area (Å²) in [5, 5.41) is 10.7. The van der Waals surface area contributed by atoms with E-state index in [-0.39, 0.29) is 0 Å². The van der Waals surface area contributed by atoms with Gasteiger partial charge in [0.05, 0.1) is 27.5 Å². The van der Waals surface area contributed by atoms with Crippen molar-refractivity contribution in [1.82, 2.24) is 4.98 Å². The summed E-state index contributed by atoms with van der Waals surface area (Å²) in [6.45, 7) is 1.83. The number of anilines is 1. The van der Waals surface area contributed by atoms with Crippen LogP contribution in [0.25, 0.3) is 10.9 Å². The Labute approximate surface area is 105 Å². The SMILES string of the molecule is Cc1nc2c(Cl)cccc2c(N(C)C)c1C#N. The van der Waals surface area contributed by atoms with Gasteiger partial charge in [0.25, 0.3) is 0 Å². The molecule has 17 heavy (non-hydrogen) atoms. The predicted molar refractivity (Wildman–Crippen MR) is 70.5 cm³/mol. The van der Waals surface area contributed by atoms with Gasteiger partial charge in [-0.25, -0.2) is 0 Å². The van der Waals surface area contributed by atoms with E-state index in [0.29, 0.717) is 16.3 Å². The lowest BCUT2D eigenvalue weighted by atomic mass is 10.1. The van der Waals surface area contributed by atoms with E-state index in [1.807, 2.05) is 44.1 Å². The summed E-state index contributed by atoms with van der Waals surface area (Å²) >= 11 is 6.14. The number of benzene rings is 1. The average Bonchev–Trinajstić information content (AvgIpc) is 2.28. The zero-order valence-corrected chi connectivity index (χ0v) is 10.7. The van der Waals surface area contributed by atoms with Crippen molar-refractivity contribution in [1.29, 1.82) is 5.26 Å². The van der Waals surface area contributed by atoms with E-state index in [1.54, 1.807) is 0 Å². The molecule has 0 bridgehead atoms. The van der Waals surface area contributed by atoms with Gasteiger partial charge >= 0.3 is 0 Å². The van der Waals surface area contributed by atoms with Gasteiger partial charge in [-0.3, -0.25) is 4.98 Å². The maximum absolute atomic E-state index is 9.23. The fraction of sp³-hybridized carbons (Fsp3) is 0.231. The number of aryl methyl sites for hydroxylation is 1. The van der Waals surface area contributed by atoms with Crippen molar-refractivity contribution in [3.8, 4) is 6.07 Å². The molecule has 86 valence electrons. The van der Waals surface area contributed by atoms with Crippen molar-refractivity contribution < 1.29 is 0 Å². The smallest absolute Gasteiger partial charge is 0.103 e. The summed E-state index contributed by atoms with van der Waals surface area (Å²) in [5.41, 5.74) is 2.92. The van der Waals surface area contributed by atoms with Gasteiger partial charge in [0.1, 0.15) is 6.07 Å². The van der Waals surface area contributed by atoms with Gasteiger partial charge in [-0.1, -0.05) is 23.7 Å². The number of hydrogen-bond acceptors (Lipinski definition) is 3. The molecule has 2 rings (SSSR count). The molecule has 1 aromatic heterocycles. The first kappa shape index (κ1) is 11.7. The quantitative estimate of drug-likeness (QED) is 0.775. The minimum absolute atomic E-state index is 0.602. The molecule has 0 aliphatic carbocycles. The molecular weight excluding hydrogens is 234 g/mol. The number of fused-ring (bicyclic) bond motifs is 1. The van der Waals surface area contributed by atoms with E-state index in [0.717, 1.165) is 16.6 Å². The normalized spacial score (nSPS) is 10.3. The molecule has 4 heteroatoms. The maximum Gasteiger partial charge on any atom is 0.103 e. The summed E-state index contributed by atoms with van der Waals surface area (Å²) in [5.74, 6) is 0. The van der Waals surface area contributed by atoms with Gasteiger partial charge in [-0.15, -0.1) is 0 Å². The Morgan fingerprint density at radius 2 is 2.06 bits per heavy atom. The zero-order chi connectivity index (χ0) is 12.6. The van der Waals surface area contributed by atoms with Crippen LogP contribution in [0.2, 0.25) is 5.02 Å². The lowest BCUT2D eigenvalue weighted by Gasteiger charge is -2.18. The van der Waals surface area contributed by atoms with E-state index in [1.165, 1.54) is 0 Å². The van der Waals surface area contributed by atoms with E-state index >= 15 is 0 Å². The van der Waals surface area contributed by atoms with Gasteiger partial charge in [0.15, 0.2) is 0 Å². The third-order valence-corrected chi connectivity index (χ3v) is 2.98. The lowest BCUT2D eigenvalue weighted by molar-refractivity contribution is 1.11. The summed E-state index contributed by atoms with van der Waals surface area (Å²) in [6.07, 6.45) is 0. The van der Waals surface area contributed by atoms with Crippen molar-refractivity contribution in [2.75, 3.05) is 19.0 Å². The van der Waals surface area contributed by atoms with Crippen molar-refractivity contribution in [2.45, 2.75) is 6.92 Å². The van der Waals surface area contributed by atoms with Crippen molar-refractivity contribution in [3.05, 3.63) is 34.5 Å². The number of halogens is 1. The zero-order valence-electron chi connectivity index (χ0n) is 9.95. The van der Waals surface area contributed by atoms with Gasteiger partial charge in [0, 0.05) is 19.5 Å². The molecule has 0 spiro atoms. The van der Waals surface area contributed by atoms with Gasteiger partial charge in [-0.05, 0) is 13.0 Å². The fourth-order valence-corrected chi connectivity index (χ4v) is 2.16. The monoisotopic (exact) mass is 245 g/mol. The second kappa shape index (κ2) is 4.23. The molecular formula is C13H12ClN3. The molecule has 0 N–H and O–H groups in total. The first-order valence-corrected chi connectivity index (χ1v) is 5.60. The van der Waals surface area contributed by atoms with E-state index in [2.05, 4.69) is 11.1 Å². The molecule has 0 saturated heterocycles. The van der Waals surface area contributed by atoms with Gasteiger partial charge in [-0.2, -0.15) is 5.26 Å². The van der Waals surface area contributed by atoms with Crippen LogP contribution in [-0.2, 0) is 0 Å². The molecule has 1 aromatic carbocycles. The van der Waals surface area contributed by atoms with Crippen LogP contribution in [0.4, 0.5) is 5.69 Å². The molecule has 0 unspecified atom stereocenters. The van der Waals surface area contributed by atoms with Crippen molar-refractivity contribution >= 4 is 28.2 Å². The summed E-state index contributed by atoms with van der Waals surface area (Å²) in [7, 11) is 3.83. The van der Waals surface area contributed by atoms with Crippen LogP contribution < -0.4 is 4.90 Å². The number of pyridine rings is 1. The molecule has 0 saturated carbocycles. The standard InChI is InChI=1S/C13H12ClN3/c1-8-10(7-15)13(17(2)3)9-5-4-6-11(14)12(9)16-8/h4-6H,1-3H3. The largest absolute Gasteiger partial charge is 0.376 e. The molecule has 2 aromatic rings. The molecule has 0 aliphatic rings. The Balaban J connectivity index is 3.00. The number of aromatic nitrogens is 1. The number of nitrogens with zero attached hydrogens (tertiary/aromatic N) is 3. The molecule has 3 nitrogen and oxygen atoms in total. The molecule has 0 amide bonds. The van der Waals surface area contributed by atoms with Crippen LogP contribution in [0.15, 0.2) is 18.2 Å². The first-order valence-electron chi connectivity index (χ1n) is 5.22. The summed E-state index contributed by atoms with van der Waals surface area (Å²) in [6, 6.07) is 7.82. The third-order valence-electron chi connectivity index (χ3n) is 2.68. The lowest BCUT2D eigenvalue weighted by Crippen LogP contribution is -2.12. The Bertz CT molecular complexity index is 627. The minimum atomic E-state index is 0.602. The number of rotatable bonds is 1. The van der Waals surface area contributed by atoms with Crippen LogP contribution in [0.5, 0.6) is 0 Å². The van der Waals surface area contributed by atoms with Crippen LogP contribution in [-0.4, -0.2) is 19.1 Å². The highest BCUT2D eigenvalue weighted by atomic mass is 35.5. The molecule has 0 radical (unpaired) electrons. The maximum atomic E-state index is 9.23. The van der Waals surface area contributed by atoms with Crippen LogP contribution in [0, 0.1) is 18.3 Å². The second-order valence-electron chi connectivity index (χ2n) is 4.06. The Kier molecular flexibility index (Phi) is 2.91. The van der Waals surface area contributed by atoms with E-state index in [9.17, 15) is 5.26 Å². The Morgan fingerprint density at radius 1 is 1.35 bits per heavy atom. The predicted octanol–water partition coefficient (Wildman–Crippen LogP) is 3.13. The van der Waals surface area contributed by atoms with Crippen LogP contribution in [0.3, 0.4) is 0 Å². The van der Waals surface area contributed by atoms with E-state index in [4.69, 9.17) is 11.6 Å². The average molecular weight is 246 g/mol. The van der Waals surface area contributed by atoms with Crippen LogP contribution >= 0.6 is 11.6 Å². The van der Waals surface area contributed by atoms with Gasteiger partial charge < -0.3 is 4.90 Å². The van der Waals surface area contributed by atoms with Crippen molar-refractivity contribution in [2.24, 2.45) is 0 Å². The summed E-state index contributed by atoms with van der Waals surface area (Å²) < 4.78 is 0. The second-order valence-corrected chi connectivity index (χ2v) is 4.47. The molecule has 0 fully saturated rings. The highest BCUT2D eigenvalue weighted by Gasteiger charge is 2.15. The Morgan fingerprint density at radius 3 is 2.65 bits per heavy atom. The minimum Gasteiger partial charge on any atom is -0.376 e. The number of hydrogen-bond donors (Lipinski definition) is 0. The van der Waals surface area contributed by atoms with Crippen LogP contribution in [0.1, 0.15) is 11.3 Å². The Hall–Kier alpha value is -1.79. The highest BCUT2D eigenvalue weighted by Crippen LogP contribution is 2.33. The topological polar surface area (TPSA) is 39.9 Å². The fourth-order valence-electron chi connectivity index (χ4n) is 1.95. The molecule has 0 aliphatic heterocycles. The van der Waals surface area contributed by atoms with Gasteiger partial charge in [0.2, 0.25) is 0 Å². The van der Waals surface area contributed by atoms with E-state index < -0.39 is 0 Å². The highest BCUT2D eigenvalue weighted by molar-refractivity contribution is 6.35. The number of nitriles is 1. The molecule has 0 atom stereocenters. The number of para-hydroxylation sites is 1. The third kappa shape index (κ3) is 1.81. The first-order chi connectivity index (χ1) is 8.06. The van der Waals surface area contributed by atoms with Crippen molar-refractivity contribution in [3.63, 3.8) is 0 Å².